The smallest absolute Gasteiger partial charge is 0.241 e. The van der Waals surface area contributed by atoms with Crippen molar-refractivity contribution >= 4 is 27.7 Å². The fourth-order valence-corrected chi connectivity index (χ4v) is 4.83. The molecule has 0 aliphatic carbocycles. The Morgan fingerprint density at radius 3 is 2.52 bits per heavy atom. The van der Waals surface area contributed by atoms with Gasteiger partial charge in [0.15, 0.2) is 11.5 Å². The van der Waals surface area contributed by atoms with E-state index in [0.29, 0.717) is 36.9 Å². The molecule has 3 rings (SSSR count). The minimum atomic E-state index is -3.97. The molecule has 1 amide bonds. The first kappa shape index (κ1) is 23.4. The van der Waals surface area contributed by atoms with Crippen LogP contribution < -0.4 is 14.2 Å². The Morgan fingerprint density at radius 2 is 1.84 bits per heavy atom. The van der Waals surface area contributed by atoms with Gasteiger partial charge in [-0.25, -0.2) is 12.8 Å². The number of likely N-dealkylation sites (N-methyl/N-ethyl adjacent to an activating group) is 1. The maximum Gasteiger partial charge on any atom is 0.241 e. The fourth-order valence-electron chi connectivity index (χ4n) is 3.12. The maximum absolute atomic E-state index is 13.1. The van der Waals surface area contributed by atoms with E-state index in [-0.39, 0.29) is 23.2 Å². The van der Waals surface area contributed by atoms with Gasteiger partial charge in [-0.3, -0.25) is 4.79 Å². The van der Waals surface area contributed by atoms with Gasteiger partial charge in [0.1, 0.15) is 25.1 Å². The van der Waals surface area contributed by atoms with Crippen molar-refractivity contribution in [1.29, 1.82) is 0 Å². The maximum atomic E-state index is 13.1. The second kappa shape index (κ2) is 10.3. The summed E-state index contributed by atoms with van der Waals surface area (Å²) < 4.78 is 52.5. The van der Waals surface area contributed by atoms with Gasteiger partial charge in [-0.1, -0.05) is 12.1 Å². The molecule has 1 atom stereocenters. The quantitative estimate of drug-likeness (QED) is 0.609. The highest BCUT2D eigenvalue weighted by atomic mass is 32.2. The lowest BCUT2D eigenvalue weighted by molar-refractivity contribution is -0.132. The first-order chi connectivity index (χ1) is 14.8. The number of hydrogen-bond acceptors (Lipinski definition) is 6. The summed E-state index contributed by atoms with van der Waals surface area (Å²) >= 11 is 1.52. The zero-order chi connectivity index (χ0) is 22.4. The number of thioether (sulfide) groups is 1. The third-order valence-corrected chi connectivity index (χ3v) is 6.85. The number of hydrogen-bond donors (Lipinski definition) is 1. The predicted molar refractivity (Wildman–Crippen MR) is 117 cm³/mol. The van der Waals surface area contributed by atoms with Crippen molar-refractivity contribution in [1.82, 2.24) is 9.62 Å². The number of amides is 1. The molecule has 0 bridgehead atoms. The summed E-state index contributed by atoms with van der Waals surface area (Å²) in [5.74, 6) is 0.723. The van der Waals surface area contributed by atoms with Crippen LogP contribution in [0, 0.1) is 5.82 Å². The van der Waals surface area contributed by atoms with Crippen LogP contribution in [0.5, 0.6) is 11.5 Å². The number of nitrogens with zero attached hydrogens (tertiary/aromatic N) is 1. The summed E-state index contributed by atoms with van der Waals surface area (Å²) in [6.45, 7) is 0.983. The van der Waals surface area contributed by atoms with Crippen molar-refractivity contribution in [3.63, 3.8) is 0 Å². The Bertz CT molecular complexity index is 1010. The van der Waals surface area contributed by atoms with E-state index < -0.39 is 16.1 Å². The topological polar surface area (TPSA) is 84.9 Å². The van der Waals surface area contributed by atoms with Crippen LogP contribution in [0.25, 0.3) is 0 Å². The van der Waals surface area contributed by atoms with E-state index in [0.717, 1.165) is 5.56 Å². The van der Waals surface area contributed by atoms with Crippen molar-refractivity contribution in [2.45, 2.75) is 23.9 Å². The molecule has 1 aliphatic heterocycles. The molecule has 168 valence electrons. The molecule has 0 saturated heterocycles. The van der Waals surface area contributed by atoms with Gasteiger partial charge in [0.2, 0.25) is 15.9 Å². The minimum Gasteiger partial charge on any atom is -0.486 e. The van der Waals surface area contributed by atoms with E-state index in [4.69, 9.17) is 9.47 Å². The summed E-state index contributed by atoms with van der Waals surface area (Å²) in [4.78, 5) is 14.5. The second-order valence-corrected chi connectivity index (χ2v) is 9.78. The van der Waals surface area contributed by atoms with Crippen LogP contribution >= 0.6 is 11.8 Å². The van der Waals surface area contributed by atoms with Gasteiger partial charge in [-0.2, -0.15) is 16.5 Å². The van der Waals surface area contributed by atoms with Crippen LogP contribution in [0.3, 0.4) is 0 Å². The summed E-state index contributed by atoms with van der Waals surface area (Å²) in [7, 11) is -2.38. The summed E-state index contributed by atoms with van der Waals surface area (Å²) in [6.07, 6.45) is 2.22. The number of carbonyl (C=O) groups excluding carboxylic acids is 1. The molecular formula is C21H25FN2O5S2. The van der Waals surface area contributed by atoms with Crippen LogP contribution in [0.15, 0.2) is 47.4 Å². The Hall–Kier alpha value is -2.30. The van der Waals surface area contributed by atoms with Crippen molar-refractivity contribution < 1.29 is 27.1 Å². The summed E-state index contributed by atoms with van der Waals surface area (Å²) in [6, 6.07) is 9.26. The van der Waals surface area contributed by atoms with Crippen molar-refractivity contribution in [3.8, 4) is 11.5 Å². The van der Waals surface area contributed by atoms with Crippen LogP contribution in [-0.4, -0.2) is 57.5 Å². The standard InChI is InChI=1S/C21H25FN2O5S2/c1-24(14-15-3-5-16(22)6-4-15)21(25)18(9-12-30-2)23-31(26,27)17-7-8-19-20(13-17)29-11-10-28-19/h3-8,13,18,23H,9-12,14H2,1-2H3/t18-/m0/s1. The predicted octanol–water partition coefficient (Wildman–Crippen LogP) is 2.66. The van der Waals surface area contributed by atoms with Gasteiger partial charge in [-0.05, 0) is 48.3 Å². The number of rotatable bonds is 9. The number of carbonyl (C=O) groups is 1. The molecule has 1 heterocycles. The highest BCUT2D eigenvalue weighted by Gasteiger charge is 2.28. The third-order valence-electron chi connectivity index (χ3n) is 4.74. The van der Waals surface area contributed by atoms with Crippen LogP contribution in [-0.2, 0) is 21.4 Å². The normalized spacial score (nSPS) is 14.2. The van der Waals surface area contributed by atoms with Gasteiger partial charge in [0.25, 0.3) is 0 Å². The number of fused-ring (bicyclic) bond motifs is 1. The molecule has 0 aromatic heterocycles. The number of nitrogens with one attached hydrogen (secondary N) is 1. The van der Waals surface area contributed by atoms with Gasteiger partial charge < -0.3 is 14.4 Å². The molecule has 10 heteroatoms. The molecule has 7 nitrogen and oxygen atoms in total. The molecule has 0 fully saturated rings. The van der Waals surface area contributed by atoms with Crippen LogP contribution in [0.1, 0.15) is 12.0 Å². The Balaban J connectivity index is 1.76. The molecule has 31 heavy (non-hydrogen) atoms. The average molecular weight is 469 g/mol. The first-order valence-corrected chi connectivity index (χ1v) is 12.6. The number of sulfonamides is 1. The second-order valence-electron chi connectivity index (χ2n) is 7.08. The highest BCUT2D eigenvalue weighted by Crippen LogP contribution is 2.32. The van der Waals surface area contributed by atoms with E-state index in [2.05, 4.69) is 4.72 Å². The number of halogens is 1. The molecule has 0 saturated carbocycles. The summed E-state index contributed by atoms with van der Waals surface area (Å²) in [5.41, 5.74) is 0.746. The molecule has 2 aromatic carbocycles. The lowest BCUT2D eigenvalue weighted by atomic mass is 10.1. The van der Waals surface area contributed by atoms with Gasteiger partial charge >= 0.3 is 0 Å². The van der Waals surface area contributed by atoms with Crippen molar-refractivity contribution in [2.24, 2.45) is 0 Å². The Labute approximate surface area is 186 Å². The molecule has 1 N–H and O–H groups in total. The molecule has 0 unspecified atom stereocenters. The van der Waals surface area contributed by atoms with Gasteiger partial charge in [0, 0.05) is 19.7 Å². The third kappa shape index (κ3) is 6.11. The number of ether oxygens (including phenoxy) is 2. The van der Waals surface area contributed by atoms with E-state index >= 15 is 0 Å². The Kier molecular flexibility index (Phi) is 7.79. The average Bonchev–Trinajstić information content (AvgIpc) is 2.77. The minimum absolute atomic E-state index is 0.000103. The molecule has 0 spiro atoms. The van der Waals surface area contributed by atoms with Crippen LogP contribution in [0.4, 0.5) is 4.39 Å². The Morgan fingerprint density at radius 1 is 1.16 bits per heavy atom. The lowest BCUT2D eigenvalue weighted by Gasteiger charge is -2.25. The monoisotopic (exact) mass is 468 g/mol. The molecule has 1 aliphatic rings. The largest absolute Gasteiger partial charge is 0.486 e. The van der Waals surface area contributed by atoms with Crippen LogP contribution in [0.2, 0.25) is 0 Å². The lowest BCUT2D eigenvalue weighted by Crippen LogP contribution is -2.47. The SMILES string of the molecule is CSCC[C@H](NS(=O)(=O)c1ccc2c(c1)OCCO2)C(=O)N(C)Cc1ccc(F)cc1. The highest BCUT2D eigenvalue weighted by molar-refractivity contribution is 7.98. The van der Waals surface area contributed by atoms with E-state index in [1.54, 1.807) is 25.2 Å². The van der Waals surface area contributed by atoms with Gasteiger partial charge in [-0.15, -0.1) is 0 Å². The van der Waals surface area contributed by atoms with E-state index in [1.165, 1.54) is 40.9 Å². The zero-order valence-corrected chi connectivity index (χ0v) is 19.0. The van der Waals surface area contributed by atoms with Crippen molar-refractivity contribution in [2.75, 3.05) is 32.3 Å². The van der Waals surface area contributed by atoms with E-state index in [9.17, 15) is 17.6 Å². The number of benzene rings is 2. The fraction of sp³-hybridized carbons (Fsp3) is 0.381. The molecule has 0 radical (unpaired) electrons. The zero-order valence-electron chi connectivity index (χ0n) is 17.3. The first-order valence-electron chi connectivity index (χ1n) is 9.70. The van der Waals surface area contributed by atoms with Gasteiger partial charge in [0.05, 0.1) is 4.90 Å². The molecular weight excluding hydrogens is 443 g/mol. The van der Waals surface area contributed by atoms with E-state index in [1.807, 2.05) is 6.26 Å². The molecule has 2 aromatic rings. The summed E-state index contributed by atoms with van der Waals surface area (Å²) in [5, 5.41) is 0. The van der Waals surface area contributed by atoms with Crippen molar-refractivity contribution in [3.05, 3.63) is 53.8 Å².